The number of piperidine rings is 1. The van der Waals surface area contributed by atoms with Crippen molar-refractivity contribution in [3.05, 3.63) is 59.7 Å². The Morgan fingerprint density at radius 1 is 1.09 bits per heavy atom. The lowest BCUT2D eigenvalue weighted by Crippen LogP contribution is -2.40. The molecule has 1 atom stereocenters. The summed E-state index contributed by atoms with van der Waals surface area (Å²) in [4.78, 5) is 14.7. The summed E-state index contributed by atoms with van der Waals surface area (Å²) in [5.74, 6) is -0.598. The number of halogens is 2. The van der Waals surface area contributed by atoms with E-state index in [0.717, 1.165) is 0 Å². The number of nitrogens with one attached hydrogen (secondary N) is 2. The van der Waals surface area contributed by atoms with E-state index in [1.807, 2.05) is 0 Å². The average molecular weight is 527 g/mol. The summed E-state index contributed by atoms with van der Waals surface area (Å²) in [5.41, 5.74) is -0.0188. The van der Waals surface area contributed by atoms with Crippen LogP contribution in [0.2, 0.25) is 0 Å². The summed E-state index contributed by atoms with van der Waals surface area (Å²) in [6, 6.07) is 9.67. The fourth-order valence-electron chi connectivity index (χ4n) is 3.68. The molecule has 0 radical (unpaired) electrons. The zero-order valence-electron chi connectivity index (χ0n) is 19.4. The topological polar surface area (TPSA) is 119 Å². The molecule has 2 N–H and O–H groups in total. The lowest BCUT2D eigenvalue weighted by Gasteiger charge is -2.32. The molecule has 3 rings (SSSR count). The van der Waals surface area contributed by atoms with Gasteiger partial charge in [-0.25, -0.2) is 13.1 Å². The number of hydrogen-bond donors (Lipinski definition) is 2. The van der Waals surface area contributed by atoms with Crippen molar-refractivity contribution in [1.82, 2.24) is 4.72 Å². The molecule has 1 fully saturated rings. The first-order valence-electron chi connectivity index (χ1n) is 10.7. The molecule has 190 valence electrons. The highest BCUT2D eigenvalue weighted by Crippen LogP contribution is 2.30. The van der Waals surface area contributed by atoms with Gasteiger partial charge in [-0.3, -0.25) is 9.00 Å². The molecule has 1 heterocycles. The van der Waals surface area contributed by atoms with Crippen molar-refractivity contribution in [2.24, 2.45) is 0 Å². The molecule has 0 aliphatic carbocycles. The fraction of sp³-hybridized carbons (Fsp3) is 0.348. The van der Waals surface area contributed by atoms with Gasteiger partial charge in [0, 0.05) is 29.2 Å². The van der Waals surface area contributed by atoms with Crippen LogP contribution in [0.15, 0.2) is 63.9 Å². The number of carbonyl (C=O) groups is 1. The molecule has 1 saturated heterocycles. The van der Waals surface area contributed by atoms with Gasteiger partial charge in [0.2, 0.25) is 10.0 Å². The van der Waals surface area contributed by atoms with Crippen molar-refractivity contribution < 1.29 is 30.8 Å². The summed E-state index contributed by atoms with van der Waals surface area (Å²) in [6.45, 7) is 5.50. The standard InChI is InChI=1S/C23H27F2N3O5S2/c1-23(2,3)27-35(32,33)18-6-4-5-16(13-18)26-22(29)19-8-7-17(34(30)31)14-20(19)28-11-9-15(10-12-28)21(24)25/h4-8,13-14,27H,9-12H2,1-3H3,(H,26,29)(H,30,31)/p-1. The first-order chi connectivity index (χ1) is 16.3. The second-order valence-electron chi connectivity index (χ2n) is 9.10. The molecular weight excluding hydrogens is 500 g/mol. The van der Waals surface area contributed by atoms with E-state index in [1.54, 1.807) is 25.7 Å². The molecule has 2 aromatic rings. The van der Waals surface area contributed by atoms with E-state index in [9.17, 15) is 30.8 Å². The van der Waals surface area contributed by atoms with Crippen molar-refractivity contribution in [2.45, 2.75) is 48.9 Å². The van der Waals surface area contributed by atoms with E-state index in [2.05, 4.69) is 10.0 Å². The van der Waals surface area contributed by atoms with E-state index < -0.39 is 38.6 Å². The third kappa shape index (κ3) is 6.94. The van der Waals surface area contributed by atoms with Crippen LogP contribution in [0.4, 0.5) is 20.2 Å². The van der Waals surface area contributed by atoms with Crippen LogP contribution < -0.4 is 14.9 Å². The van der Waals surface area contributed by atoms with Gasteiger partial charge in [-0.15, -0.1) is 0 Å². The molecule has 1 aliphatic rings. The van der Waals surface area contributed by atoms with Crippen molar-refractivity contribution in [3.8, 4) is 0 Å². The Balaban J connectivity index is 1.90. The van der Waals surface area contributed by atoms with E-state index in [1.165, 1.54) is 42.5 Å². The van der Waals surface area contributed by atoms with Crippen molar-refractivity contribution >= 4 is 38.4 Å². The third-order valence-corrected chi connectivity index (χ3v) is 7.62. The number of sulfonamides is 1. The van der Waals surface area contributed by atoms with Crippen molar-refractivity contribution in [1.29, 1.82) is 0 Å². The first-order valence-corrected chi connectivity index (χ1v) is 13.3. The van der Waals surface area contributed by atoms with Gasteiger partial charge in [-0.2, -0.15) is 8.78 Å². The zero-order chi connectivity index (χ0) is 26.0. The van der Waals surface area contributed by atoms with Crippen LogP contribution in [0.3, 0.4) is 0 Å². The van der Waals surface area contributed by atoms with Crippen LogP contribution in [-0.2, 0) is 21.1 Å². The van der Waals surface area contributed by atoms with Crippen molar-refractivity contribution in [3.63, 3.8) is 0 Å². The van der Waals surface area contributed by atoms with Gasteiger partial charge in [0.15, 0.2) is 0 Å². The van der Waals surface area contributed by atoms with Gasteiger partial charge in [0.1, 0.15) is 0 Å². The third-order valence-electron chi connectivity index (χ3n) is 5.22. The van der Waals surface area contributed by atoms with E-state index in [0.29, 0.717) is 5.69 Å². The van der Waals surface area contributed by atoms with Gasteiger partial charge >= 0.3 is 0 Å². The Labute approximate surface area is 205 Å². The Hall–Kier alpha value is -2.67. The first kappa shape index (κ1) is 26.9. The molecule has 0 bridgehead atoms. The minimum Gasteiger partial charge on any atom is -0.768 e. The summed E-state index contributed by atoms with van der Waals surface area (Å²) in [5, 5.41) is 2.65. The number of benzene rings is 2. The quantitative estimate of drug-likeness (QED) is 0.549. The van der Waals surface area contributed by atoms with Crippen LogP contribution in [0.5, 0.6) is 0 Å². The maximum Gasteiger partial charge on any atom is 0.269 e. The number of hydrogen-bond acceptors (Lipinski definition) is 6. The molecule has 0 aromatic heterocycles. The predicted molar refractivity (Wildman–Crippen MR) is 129 cm³/mol. The van der Waals surface area contributed by atoms with E-state index in [-0.39, 0.29) is 52.5 Å². The van der Waals surface area contributed by atoms with Gasteiger partial charge in [-0.05, 0) is 86.7 Å². The summed E-state index contributed by atoms with van der Waals surface area (Å²) >= 11 is -2.55. The SMILES string of the molecule is CC(C)(C)NS(=O)(=O)c1cccc(NC(=O)c2ccc(S(=O)[O-])cc2N2CCC(=C(F)F)CC2)c1. The molecule has 8 nitrogen and oxygen atoms in total. The Bertz CT molecular complexity index is 1280. The molecule has 1 amide bonds. The molecular formula is C23H26F2N3O5S2-. The van der Waals surface area contributed by atoms with E-state index in [4.69, 9.17) is 0 Å². The van der Waals surface area contributed by atoms with Gasteiger partial charge in [0.25, 0.3) is 12.0 Å². The van der Waals surface area contributed by atoms with Gasteiger partial charge in [0.05, 0.1) is 16.1 Å². The van der Waals surface area contributed by atoms with Gasteiger partial charge in [-0.1, -0.05) is 6.07 Å². The highest BCUT2D eigenvalue weighted by atomic mass is 32.2. The maximum atomic E-state index is 13.1. The lowest BCUT2D eigenvalue weighted by molar-refractivity contribution is 0.102. The van der Waals surface area contributed by atoms with Crippen LogP contribution >= 0.6 is 0 Å². The summed E-state index contributed by atoms with van der Waals surface area (Å²) < 4.78 is 76.7. The second kappa shape index (κ2) is 10.5. The average Bonchev–Trinajstić information content (AvgIpc) is 2.77. The Morgan fingerprint density at radius 3 is 2.31 bits per heavy atom. The Kier molecular flexibility index (Phi) is 8.10. The normalized spacial score (nSPS) is 15.6. The predicted octanol–water partition coefficient (Wildman–Crippen LogP) is 4.00. The number of amides is 1. The molecule has 1 unspecified atom stereocenters. The number of carbonyl (C=O) groups excluding carboxylic acids is 1. The molecule has 2 aromatic carbocycles. The largest absolute Gasteiger partial charge is 0.768 e. The summed E-state index contributed by atoms with van der Waals surface area (Å²) in [6.07, 6.45) is -1.53. The van der Waals surface area contributed by atoms with Crippen LogP contribution in [0, 0.1) is 0 Å². The van der Waals surface area contributed by atoms with Crippen LogP contribution in [-0.4, -0.2) is 41.7 Å². The number of rotatable bonds is 6. The molecule has 35 heavy (non-hydrogen) atoms. The minimum atomic E-state index is -3.84. The number of nitrogens with zero attached hydrogens (tertiary/aromatic N) is 1. The highest BCUT2D eigenvalue weighted by Gasteiger charge is 2.24. The van der Waals surface area contributed by atoms with Crippen LogP contribution in [0.1, 0.15) is 44.0 Å². The van der Waals surface area contributed by atoms with Crippen molar-refractivity contribution in [2.75, 3.05) is 23.3 Å². The summed E-state index contributed by atoms with van der Waals surface area (Å²) in [7, 11) is -3.84. The zero-order valence-corrected chi connectivity index (χ0v) is 21.1. The van der Waals surface area contributed by atoms with E-state index >= 15 is 0 Å². The number of anilines is 2. The lowest BCUT2D eigenvalue weighted by atomic mass is 10.0. The molecule has 0 saturated carbocycles. The molecule has 0 spiro atoms. The van der Waals surface area contributed by atoms with Gasteiger partial charge < -0.3 is 14.8 Å². The maximum absolute atomic E-state index is 13.1. The smallest absolute Gasteiger partial charge is 0.269 e. The monoisotopic (exact) mass is 526 g/mol. The Morgan fingerprint density at radius 2 is 1.74 bits per heavy atom. The second-order valence-corrected chi connectivity index (χ2v) is 11.7. The van der Waals surface area contributed by atoms with Crippen LogP contribution in [0.25, 0.3) is 0 Å². The molecule has 1 aliphatic heterocycles. The minimum absolute atomic E-state index is 0.0360. The highest BCUT2D eigenvalue weighted by molar-refractivity contribution is 7.89. The molecule has 12 heteroatoms. The fourth-order valence-corrected chi connectivity index (χ4v) is 5.53.